The van der Waals surface area contributed by atoms with E-state index in [0.717, 1.165) is 5.56 Å². The normalized spacial score (nSPS) is 12.3. The number of hydrogen-bond acceptors (Lipinski definition) is 4. The summed E-state index contributed by atoms with van der Waals surface area (Å²) in [5, 5.41) is 5.25. The van der Waals surface area contributed by atoms with Gasteiger partial charge >= 0.3 is 0 Å². The smallest absolute Gasteiger partial charge is 0.243 e. The van der Waals surface area contributed by atoms with Crippen LogP contribution in [0, 0.1) is 5.92 Å². The quantitative estimate of drug-likeness (QED) is 0.678. The van der Waals surface area contributed by atoms with Crippen molar-refractivity contribution in [2.24, 2.45) is 11.7 Å². The molecule has 1 aromatic rings. The maximum absolute atomic E-state index is 11.8. The number of nitrogens with one attached hydrogen (secondary N) is 2. The van der Waals surface area contributed by atoms with Gasteiger partial charge < -0.3 is 21.1 Å². The second-order valence-electron chi connectivity index (χ2n) is 6.09. The molecule has 1 atom stereocenters. The van der Waals surface area contributed by atoms with Crippen LogP contribution in [0.1, 0.15) is 33.3 Å². The summed E-state index contributed by atoms with van der Waals surface area (Å²) in [7, 11) is 0. The predicted molar refractivity (Wildman–Crippen MR) is 90.8 cm³/mol. The summed E-state index contributed by atoms with van der Waals surface area (Å²) in [6.07, 6.45) is 0.176. The standard InChI is InChI=1S/C17H27N3O3/c1-11(2)16(18)17(22)19-9-15(21)20-14-7-5-13(6-8-14)10-23-12(3)4/h5-8,11-12,16H,9-10,18H2,1-4H3,(H,19,22)(H,20,21)/t16-/m0/s1. The first-order chi connectivity index (χ1) is 10.8. The summed E-state index contributed by atoms with van der Waals surface area (Å²) >= 11 is 0. The fourth-order valence-corrected chi connectivity index (χ4v) is 1.74. The maximum atomic E-state index is 11.8. The van der Waals surface area contributed by atoms with Crippen molar-refractivity contribution in [3.05, 3.63) is 29.8 Å². The van der Waals surface area contributed by atoms with Gasteiger partial charge in [0.2, 0.25) is 11.8 Å². The van der Waals surface area contributed by atoms with Crippen molar-refractivity contribution < 1.29 is 14.3 Å². The number of ether oxygens (including phenoxy) is 1. The number of carbonyl (C=O) groups is 2. The number of rotatable bonds is 8. The van der Waals surface area contributed by atoms with Crippen molar-refractivity contribution in [1.82, 2.24) is 5.32 Å². The number of benzene rings is 1. The molecule has 0 heterocycles. The highest BCUT2D eigenvalue weighted by atomic mass is 16.5. The molecule has 128 valence electrons. The molecule has 0 aliphatic heterocycles. The van der Waals surface area contributed by atoms with E-state index in [2.05, 4.69) is 10.6 Å². The van der Waals surface area contributed by atoms with Crippen LogP contribution in [0.4, 0.5) is 5.69 Å². The molecule has 0 radical (unpaired) electrons. The van der Waals surface area contributed by atoms with Gasteiger partial charge in [-0.05, 0) is 37.5 Å². The van der Waals surface area contributed by atoms with E-state index in [4.69, 9.17) is 10.5 Å². The molecule has 0 aromatic heterocycles. The largest absolute Gasteiger partial charge is 0.374 e. The van der Waals surface area contributed by atoms with Gasteiger partial charge in [0.15, 0.2) is 0 Å². The molecule has 0 aliphatic carbocycles. The van der Waals surface area contributed by atoms with E-state index in [-0.39, 0.29) is 30.4 Å². The molecule has 0 saturated heterocycles. The topological polar surface area (TPSA) is 93.5 Å². The molecular weight excluding hydrogens is 294 g/mol. The highest BCUT2D eigenvalue weighted by Gasteiger charge is 2.17. The number of anilines is 1. The highest BCUT2D eigenvalue weighted by Crippen LogP contribution is 2.11. The lowest BCUT2D eigenvalue weighted by Crippen LogP contribution is -2.46. The minimum Gasteiger partial charge on any atom is -0.374 e. The van der Waals surface area contributed by atoms with Crippen molar-refractivity contribution in [1.29, 1.82) is 0 Å². The first-order valence-electron chi connectivity index (χ1n) is 7.83. The zero-order valence-electron chi connectivity index (χ0n) is 14.3. The Kier molecular flexibility index (Phi) is 7.71. The molecule has 0 unspecified atom stereocenters. The first-order valence-corrected chi connectivity index (χ1v) is 7.83. The van der Waals surface area contributed by atoms with Crippen molar-refractivity contribution in [2.45, 2.75) is 46.4 Å². The molecule has 0 aliphatic rings. The van der Waals surface area contributed by atoms with Gasteiger partial charge in [0.25, 0.3) is 0 Å². The van der Waals surface area contributed by atoms with Gasteiger partial charge in [-0.1, -0.05) is 26.0 Å². The Morgan fingerprint density at radius 1 is 1.13 bits per heavy atom. The molecule has 4 N–H and O–H groups in total. The number of carbonyl (C=O) groups excluding carboxylic acids is 2. The van der Waals surface area contributed by atoms with Crippen LogP contribution in [0.2, 0.25) is 0 Å². The van der Waals surface area contributed by atoms with E-state index in [1.54, 1.807) is 12.1 Å². The van der Waals surface area contributed by atoms with Crippen molar-refractivity contribution in [3.63, 3.8) is 0 Å². The number of amides is 2. The second kappa shape index (κ2) is 9.27. The molecule has 0 fully saturated rings. The van der Waals surface area contributed by atoms with E-state index in [1.807, 2.05) is 39.8 Å². The minimum atomic E-state index is -0.608. The van der Waals surface area contributed by atoms with Crippen LogP contribution < -0.4 is 16.4 Å². The Labute approximate surface area is 137 Å². The first kappa shape index (κ1) is 19.1. The van der Waals surface area contributed by atoms with Crippen LogP contribution >= 0.6 is 0 Å². The molecule has 6 heteroatoms. The summed E-state index contributed by atoms with van der Waals surface area (Å²) in [5.41, 5.74) is 7.42. The SMILES string of the molecule is CC(C)OCc1ccc(NC(=O)CNC(=O)[C@@H](N)C(C)C)cc1. The fourth-order valence-electron chi connectivity index (χ4n) is 1.74. The summed E-state index contributed by atoms with van der Waals surface area (Å²) in [6.45, 7) is 8.11. The molecular formula is C17H27N3O3. The van der Waals surface area contributed by atoms with Gasteiger partial charge in [-0.25, -0.2) is 0 Å². The summed E-state index contributed by atoms with van der Waals surface area (Å²) in [4.78, 5) is 23.5. The average Bonchev–Trinajstić information content (AvgIpc) is 2.51. The van der Waals surface area contributed by atoms with Gasteiger partial charge in [0.1, 0.15) is 0 Å². The van der Waals surface area contributed by atoms with E-state index in [1.165, 1.54) is 0 Å². The van der Waals surface area contributed by atoms with Crippen LogP contribution in [0.3, 0.4) is 0 Å². The van der Waals surface area contributed by atoms with Crippen LogP contribution in [-0.2, 0) is 20.9 Å². The summed E-state index contributed by atoms with van der Waals surface area (Å²) < 4.78 is 5.51. The third kappa shape index (κ3) is 7.25. The molecule has 1 aromatic carbocycles. The van der Waals surface area contributed by atoms with E-state index in [0.29, 0.717) is 12.3 Å². The highest BCUT2D eigenvalue weighted by molar-refractivity contribution is 5.95. The number of nitrogens with two attached hydrogens (primary N) is 1. The lowest BCUT2D eigenvalue weighted by Gasteiger charge is -2.15. The minimum absolute atomic E-state index is 0.0265. The lowest BCUT2D eigenvalue weighted by atomic mass is 10.1. The maximum Gasteiger partial charge on any atom is 0.243 e. The Hall–Kier alpha value is -1.92. The molecule has 6 nitrogen and oxygen atoms in total. The average molecular weight is 321 g/mol. The van der Waals surface area contributed by atoms with E-state index in [9.17, 15) is 9.59 Å². The Morgan fingerprint density at radius 3 is 2.26 bits per heavy atom. The van der Waals surface area contributed by atoms with Crippen molar-refractivity contribution >= 4 is 17.5 Å². The van der Waals surface area contributed by atoms with Crippen molar-refractivity contribution in [2.75, 3.05) is 11.9 Å². The zero-order valence-corrected chi connectivity index (χ0v) is 14.3. The lowest BCUT2D eigenvalue weighted by molar-refractivity contribution is -0.125. The molecule has 23 heavy (non-hydrogen) atoms. The summed E-state index contributed by atoms with van der Waals surface area (Å²) in [5.74, 6) is -0.588. The molecule has 0 saturated carbocycles. The van der Waals surface area contributed by atoms with Crippen LogP contribution in [0.5, 0.6) is 0 Å². The summed E-state index contributed by atoms with van der Waals surface area (Å²) in [6, 6.07) is 6.79. The Balaban J connectivity index is 2.41. The molecule has 0 bridgehead atoms. The fraction of sp³-hybridized carbons (Fsp3) is 0.529. The van der Waals surface area contributed by atoms with Gasteiger partial charge in [-0.2, -0.15) is 0 Å². The second-order valence-corrected chi connectivity index (χ2v) is 6.09. The third-order valence-corrected chi connectivity index (χ3v) is 3.27. The monoisotopic (exact) mass is 321 g/mol. The van der Waals surface area contributed by atoms with Gasteiger partial charge in [0.05, 0.1) is 25.3 Å². The third-order valence-electron chi connectivity index (χ3n) is 3.27. The molecule has 0 spiro atoms. The Bertz CT molecular complexity index is 512. The zero-order chi connectivity index (χ0) is 17.4. The van der Waals surface area contributed by atoms with E-state index >= 15 is 0 Å². The van der Waals surface area contributed by atoms with E-state index < -0.39 is 6.04 Å². The predicted octanol–water partition coefficient (Wildman–Crippen LogP) is 1.65. The van der Waals surface area contributed by atoms with Gasteiger partial charge in [0, 0.05) is 5.69 Å². The van der Waals surface area contributed by atoms with Crippen LogP contribution in [0.25, 0.3) is 0 Å². The van der Waals surface area contributed by atoms with Crippen molar-refractivity contribution in [3.8, 4) is 0 Å². The molecule has 2 amide bonds. The number of hydrogen-bond donors (Lipinski definition) is 3. The van der Waals surface area contributed by atoms with Crippen LogP contribution in [0.15, 0.2) is 24.3 Å². The van der Waals surface area contributed by atoms with Gasteiger partial charge in [-0.3, -0.25) is 9.59 Å². The molecule has 1 rings (SSSR count). The Morgan fingerprint density at radius 2 is 1.74 bits per heavy atom. The van der Waals surface area contributed by atoms with Gasteiger partial charge in [-0.15, -0.1) is 0 Å². The van der Waals surface area contributed by atoms with Crippen LogP contribution in [-0.4, -0.2) is 30.5 Å².